The van der Waals surface area contributed by atoms with Crippen LogP contribution in [0.3, 0.4) is 0 Å². The summed E-state index contributed by atoms with van der Waals surface area (Å²) in [6, 6.07) is 7.03. The van der Waals surface area contributed by atoms with E-state index in [0.717, 1.165) is 0 Å². The molecule has 1 rings (SSSR count). The third-order valence-electron chi connectivity index (χ3n) is 1.99. The summed E-state index contributed by atoms with van der Waals surface area (Å²) < 4.78 is 5.50. The first-order valence-corrected chi connectivity index (χ1v) is 5.28. The van der Waals surface area contributed by atoms with Crippen LogP contribution in [0.4, 0.5) is 0 Å². The van der Waals surface area contributed by atoms with Crippen LogP contribution in [0, 0.1) is 0 Å². The van der Waals surface area contributed by atoms with Crippen molar-refractivity contribution in [3.63, 3.8) is 0 Å². The van der Waals surface area contributed by atoms with Crippen molar-refractivity contribution in [2.75, 3.05) is 13.2 Å². The van der Waals surface area contributed by atoms with Crippen LogP contribution >= 0.6 is 11.6 Å². The van der Waals surface area contributed by atoms with Gasteiger partial charge in [0.25, 0.3) is 0 Å². The second-order valence-corrected chi connectivity index (χ2v) is 3.68. The molecule has 0 saturated heterocycles. The fraction of sp³-hybridized carbons (Fsp3) is 0.455. The number of rotatable bonds is 6. The monoisotopic (exact) mass is 230 g/mol. The van der Waals surface area contributed by atoms with Crippen molar-refractivity contribution >= 4 is 11.6 Å². The third-order valence-corrected chi connectivity index (χ3v) is 2.22. The average molecular weight is 231 g/mol. The van der Waals surface area contributed by atoms with E-state index in [1.54, 1.807) is 24.3 Å². The molecule has 15 heavy (non-hydrogen) atoms. The Labute approximate surface area is 94.3 Å². The number of benzene rings is 1. The summed E-state index contributed by atoms with van der Waals surface area (Å²) in [5.74, 6) is 0.638. The molecule has 1 atom stereocenters. The molecular weight excluding hydrogens is 216 g/mol. The van der Waals surface area contributed by atoms with Gasteiger partial charge in [0.05, 0.1) is 6.61 Å². The normalized spacial score (nSPS) is 12.5. The summed E-state index contributed by atoms with van der Waals surface area (Å²) in [6.45, 7) is 0.0436. The molecule has 1 unspecified atom stereocenters. The van der Waals surface area contributed by atoms with Crippen molar-refractivity contribution in [2.24, 2.45) is 0 Å². The van der Waals surface area contributed by atoms with E-state index in [0.29, 0.717) is 23.6 Å². The molecular formula is C11H15ClO3. The highest BCUT2D eigenvalue weighted by Crippen LogP contribution is 2.19. The largest absolute Gasteiger partial charge is 0.488 e. The Hall–Kier alpha value is -0.770. The van der Waals surface area contributed by atoms with E-state index in [-0.39, 0.29) is 19.3 Å². The Morgan fingerprint density at radius 3 is 2.73 bits per heavy atom. The van der Waals surface area contributed by atoms with Crippen LogP contribution in [-0.4, -0.2) is 29.5 Å². The smallest absolute Gasteiger partial charge is 0.122 e. The van der Waals surface area contributed by atoms with Crippen molar-refractivity contribution in [3.05, 3.63) is 29.3 Å². The summed E-state index contributed by atoms with van der Waals surface area (Å²) in [7, 11) is 0. The molecule has 0 aliphatic heterocycles. The maximum Gasteiger partial charge on any atom is 0.122 e. The molecule has 0 spiro atoms. The van der Waals surface area contributed by atoms with E-state index in [4.69, 9.17) is 26.6 Å². The first-order valence-electron chi connectivity index (χ1n) is 4.90. The van der Waals surface area contributed by atoms with Gasteiger partial charge in [-0.2, -0.15) is 0 Å². The molecule has 0 saturated carbocycles. The molecule has 4 heteroatoms. The molecule has 0 bridgehead atoms. The Morgan fingerprint density at radius 1 is 1.33 bits per heavy atom. The standard InChI is InChI=1S/C11H15ClO3/c12-9-3-1-4-10(7-9)15-11(8-14)5-2-6-13/h1,3-4,7,11,13-14H,2,5-6,8H2. The van der Waals surface area contributed by atoms with E-state index in [9.17, 15) is 0 Å². The number of aliphatic hydroxyl groups excluding tert-OH is 2. The van der Waals surface area contributed by atoms with Crippen LogP contribution in [0.25, 0.3) is 0 Å². The van der Waals surface area contributed by atoms with Crippen LogP contribution < -0.4 is 4.74 Å². The highest BCUT2D eigenvalue weighted by Gasteiger charge is 2.08. The van der Waals surface area contributed by atoms with Crippen LogP contribution in [0.5, 0.6) is 5.75 Å². The highest BCUT2D eigenvalue weighted by atomic mass is 35.5. The number of aliphatic hydroxyl groups is 2. The number of halogens is 1. The van der Waals surface area contributed by atoms with Gasteiger partial charge in [-0.25, -0.2) is 0 Å². The van der Waals surface area contributed by atoms with Crippen LogP contribution in [0.1, 0.15) is 12.8 Å². The van der Waals surface area contributed by atoms with Crippen LogP contribution in [0.2, 0.25) is 5.02 Å². The quantitative estimate of drug-likeness (QED) is 0.784. The minimum absolute atomic E-state index is 0.0630. The molecule has 0 fully saturated rings. The lowest BCUT2D eigenvalue weighted by atomic mass is 10.2. The first-order chi connectivity index (χ1) is 7.26. The Bertz CT molecular complexity index is 291. The predicted molar refractivity (Wildman–Crippen MR) is 59.3 cm³/mol. The minimum Gasteiger partial charge on any atom is -0.488 e. The van der Waals surface area contributed by atoms with Crippen LogP contribution in [0.15, 0.2) is 24.3 Å². The predicted octanol–water partition coefficient (Wildman–Crippen LogP) is 1.85. The molecule has 0 radical (unpaired) electrons. The number of ether oxygens (including phenoxy) is 1. The summed E-state index contributed by atoms with van der Waals surface area (Å²) >= 11 is 5.79. The van der Waals surface area contributed by atoms with Gasteiger partial charge in [-0.15, -0.1) is 0 Å². The second kappa shape index (κ2) is 6.67. The summed E-state index contributed by atoms with van der Waals surface area (Å²) in [5.41, 5.74) is 0. The van der Waals surface area contributed by atoms with Gasteiger partial charge in [-0.05, 0) is 31.0 Å². The van der Waals surface area contributed by atoms with Gasteiger partial charge in [0.2, 0.25) is 0 Å². The minimum atomic E-state index is -0.282. The van der Waals surface area contributed by atoms with Gasteiger partial charge in [0, 0.05) is 11.6 Å². The zero-order chi connectivity index (χ0) is 11.1. The van der Waals surface area contributed by atoms with Crippen LogP contribution in [-0.2, 0) is 0 Å². The molecule has 1 aromatic rings. The summed E-state index contributed by atoms with van der Waals surface area (Å²) in [6.07, 6.45) is 0.960. The van der Waals surface area contributed by atoms with E-state index in [1.165, 1.54) is 0 Å². The average Bonchev–Trinajstić information content (AvgIpc) is 2.24. The fourth-order valence-electron chi connectivity index (χ4n) is 1.24. The summed E-state index contributed by atoms with van der Waals surface area (Å²) in [5, 5.41) is 18.3. The van der Waals surface area contributed by atoms with E-state index in [1.807, 2.05) is 0 Å². The molecule has 0 amide bonds. The lowest BCUT2D eigenvalue weighted by Gasteiger charge is -2.16. The number of hydrogen-bond acceptors (Lipinski definition) is 3. The lowest BCUT2D eigenvalue weighted by Crippen LogP contribution is -2.21. The SMILES string of the molecule is OCCCC(CO)Oc1cccc(Cl)c1. The molecule has 3 nitrogen and oxygen atoms in total. The lowest BCUT2D eigenvalue weighted by molar-refractivity contribution is 0.101. The maximum absolute atomic E-state index is 9.04. The Kier molecular flexibility index (Phi) is 5.47. The van der Waals surface area contributed by atoms with Gasteiger partial charge in [-0.1, -0.05) is 17.7 Å². The van der Waals surface area contributed by atoms with Crippen molar-refractivity contribution in [1.82, 2.24) is 0 Å². The molecule has 0 aliphatic rings. The second-order valence-electron chi connectivity index (χ2n) is 3.25. The zero-order valence-corrected chi connectivity index (χ0v) is 9.15. The van der Waals surface area contributed by atoms with Gasteiger partial charge in [0.1, 0.15) is 11.9 Å². The zero-order valence-electron chi connectivity index (χ0n) is 8.40. The topological polar surface area (TPSA) is 49.7 Å². The third kappa shape index (κ3) is 4.51. The fourth-order valence-corrected chi connectivity index (χ4v) is 1.42. The van der Waals surface area contributed by atoms with E-state index in [2.05, 4.69) is 0 Å². The van der Waals surface area contributed by atoms with Crippen molar-refractivity contribution in [3.8, 4) is 5.75 Å². The van der Waals surface area contributed by atoms with Gasteiger partial charge in [-0.3, -0.25) is 0 Å². The maximum atomic E-state index is 9.04. The molecule has 0 aliphatic carbocycles. The van der Waals surface area contributed by atoms with Gasteiger partial charge >= 0.3 is 0 Å². The molecule has 84 valence electrons. The first kappa shape index (κ1) is 12.3. The van der Waals surface area contributed by atoms with Crippen molar-refractivity contribution in [2.45, 2.75) is 18.9 Å². The Morgan fingerprint density at radius 2 is 2.13 bits per heavy atom. The molecule has 0 heterocycles. The molecule has 0 aromatic heterocycles. The van der Waals surface area contributed by atoms with E-state index < -0.39 is 0 Å². The molecule has 2 N–H and O–H groups in total. The summed E-state index contributed by atoms with van der Waals surface area (Å²) in [4.78, 5) is 0. The van der Waals surface area contributed by atoms with Crippen molar-refractivity contribution < 1.29 is 14.9 Å². The Balaban J connectivity index is 2.50. The van der Waals surface area contributed by atoms with Crippen molar-refractivity contribution in [1.29, 1.82) is 0 Å². The molecule has 1 aromatic carbocycles. The van der Waals surface area contributed by atoms with Gasteiger partial charge in [0.15, 0.2) is 0 Å². The highest BCUT2D eigenvalue weighted by molar-refractivity contribution is 6.30. The van der Waals surface area contributed by atoms with Gasteiger partial charge < -0.3 is 14.9 Å². The number of hydrogen-bond donors (Lipinski definition) is 2. The van der Waals surface area contributed by atoms with E-state index >= 15 is 0 Å².